The standard InChI is InChI=1S/2C23H23F3N4O3S2/c2*24-23(25,26)15-6-9-30(20(11-15)18-3-1-2-8-27-18)19-7-10-33-21-12-16(4-5-17(19)21)35(31,32)13-22-28-14-29-34-22/h2*1-5,8,12,14-15,19-20H,6-7,9-11,13H2/t15-,19+,20+;15-,19-,20+/m11/s1. The van der Waals surface area contributed by atoms with Gasteiger partial charge in [0.1, 0.15) is 45.7 Å². The minimum Gasteiger partial charge on any atom is -0.493 e. The molecule has 2 saturated heterocycles. The van der Waals surface area contributed by atoms with Crippen LogP contribution >= 0.6 is 23.1 Å². The zero-order chi connectivity index (χ0) is 49.3. The number of alkyl halides is 6. The largest absolute Gasteiger partial charge is 0.493 e. The van der Waals surface area contributed by atoms with Crippen molar-refractivity contribution in [1.29, 1.82) is 0 Å². The van der Waals surface area contributed by atoms with Crippen LogP contribution in [0.15, 0.2) is 108 Å². The third kappa shape index (κ3) is 11.2. The van der Waals surface area contributed by atoms with E-state index in [1.165, 1.54) is 36.9 Å². The van der Waals surface area contributed by atoms with E-state index in [0.717, 1.165) is 34.2 Å². The van der Waals surface area contributed by atoms with Crippen molar-refractivity contribution in [3.8, 4) is 11.5 Å². The molecule has 2 fully saturated rings. The van der Waals surface area contributed by atoms with Gasteiger partial charge in [0.15, 0.2) is 19.7 Å². The highest BCUT2D eigenvalue weighted by atomic mass is 32.2. The van der Waals surface area contributed by atoms with E-state index < -0.39 is 55.9 Å². The Labute approximate surface area is 408 Å². The molecule has 0 radical (unpaired) electrons. The minimum absolute atomic E-state index is 0.00777. The van der Waals surface area contributed by atoms with Crippen molar-refractivity contribution in [2.75, 3.05) is 26.3 Å². The molecular weight excluding hydrogens is 1000 g/mol. The maximum absolute atomic E-state index is 13.6. The van der Waals surface area contributed by atoms with Crippen LogP contribution in [0.4, 0.5) is 26.3 Å². The van der Waals surface area contributed by atoms with E-state index in [0.29, 0.717) is 59.0 Å². The van der Waals surface area contributed by atoms with Crippen LogP contribution in [0, 0.1) is 11.8 Å². The molecule has 0 aliphatic carbocycles. The van der Waals surface area contributed by atoms with Crippen molar-refractivity contribution >= 4 is 42.7 Å². The summed E-state index contributed by atoms with van der Waals surface area (Å²) in [5, 5.41) is 0.791. The average molecular weight is 1050 g/mol. The highest BCUT2D eigenvalue weighted by Gasteiger charge is 2.48. The van der Waals surface area contributed by atoms with E-state index in [1.54, 1.807) is 60.9 Å². The van der Waals surface area contributed by atoms with Crippen LogP contribution in [-0.4, -0.2) is 94.0 Å². The van der Waals surface area contributed by atoms with E-state index in [1.807, 2.05) is 0 Å². The van der Waals surface area contributed by atoms with Gasteiger partial charge in [-0.1, -0.05) is 24.3 Å². The molecule has 24 heteroatoms. The van der Waals surface area contributed by atoms with Gasteiger partial charge in [-0.3, -0.25) is 19.8 Å². The first-order valence-electron chi connectivity index (χ1n) is 22.4. The topological polar surface area (TPSA) is 171 Å². The van der Waals surface area contributed by atoms with E-state index in [-0.39, 0.29) is 72.2 Å². The highest BCUT2D eigenvalue weighted by molar-refractivity contribution is 7.91. The Balaban J connectivity index is 0.000000174. The molecule has 10 rings (SSSR count). The van der Waals surface area contributed by atoms with Gasteiger partial charge in [0.25, 0.3) is 0 Å². The first-order chi connectivity index (χ1) is 33.4. The summed E-state index contributed by atoms with van der Waals surface area (Å²) in [4.78, 5) is 21.0. The summed E-state index contributed by atoms with van der Waals surface area (Å²) in [5.41, 5.74) is 2.76. The normalized spacial score (nSPS) is 23.5. The molecule has 4 aliphatic heterocycles. The molecule has 0 saturated carbocycles. The van der Waals surface area contributed by atoms with Crippen molar-refractivity contribution in [3.63, 3.8) is 0 Å². The van der Waals surface area contributed by atoms with Crippen LogP contribution in [-0.2, 0) is 31.2 Å². The molecule has 0 spiro atoms. The molecule has 0 unspecified atom stereocenters. The SMILES string of the molecule is O=S(=O)(Cc1ncns1)c1ccc2c(c1)OCC[C@@H]2N1CC[C@@H](C(F)(F)F)C[C@H]1c1ccccn1.O=S(=O)(Cc1ncns1)c1ccc2c(c1)OCC[C@H]2N1CC[C@@H](C(F)(F)F)C[C@H]1c1ccccn1. The van der Waals surface area contributed by atoms with Crippen molar-refractivity contribution in [2.24, 2.45) is 11.8 Å². The van der Waals surface area contributed by atoms with Crippen molar-refractivity contribution in [2.45, 2.75) is 96.3 Å². The number of halogens is 6. The maximum atomic E-state index is 13.6. The number of sulfone groups is 2. The number of fused-ring (bicyclic) bond motifs is 2. The lowest BCUT2D eigenvalue weighted by Gasteiger charge is -2.45. The number of hydrogen-bond donors (Lipinski definition) is 0. The van der Waals surface area contributed by atoms with Gasteiger partial charge >= 0.3 is 12.4 Å². The Bertz CT molecular complexity index is 2740. The van der Waals surface area contributed by atoms with Crippen LogP contribution in [0.1, 0.15) is 95.2 Å². The number of ether oxygens (including phenoxy) is 2. The third-order valence-electron chi connectivity index (χ3n) is 13.2. The fraction of sp³-hybridized carbons (Fsp3) is 0.435. The number of pyridine rings is 2. The summed E-state index contributed by atoms with van der Waals surface area (Å²) in [7, 11) is -7.31. The molecule has 4 aliphatic rings. The lowest BCUT2D eigenvalue weighted by Crippen LogP contribution is -2.44. The monoisotopic (exact) mass is 1050 g/mol. The predicted octanol–water partition coefficient (Wildman–Crippen LogP) is 9.49. The quantitative estimate of drug-likeness (QED) is 0.119. The second-order valence-electron chi connectivity index (χ2n) is 17.4. The van der Waals surface area contributed by atoms with E-state index in [4.69, 9.17) is 9.47 Å². The van der Waals surface area contributed by atoms with Crippen molar-refractivity contribution in [1.82, 2.24) is 38.5 Å². The van der Waals surface area contributed by atoms with Gasteiger partial charge in [-0.25, -0.2) is 26.8 Å². The molecule has 4 aromatic heterocycles. The van der Waals surface area contributed by atoms with Crippen LogP contribution in [0.25, 0.3) is 0 Å². The van der Waals surface area contributed by atoms with Gasteiger partial charge in [-0.2, -0.15) is 35.1 Å². The Kier molecular flexibility index (Phi) is 14.6. The molecular formula is C46H46F6N8O6S4. The molecule has 0 amide bonds. The molecule has 14 nitrogen and oxygen atoms in total. The van der Waals surface area contributed by atoms with Gasteiger partial charge in [-0.05, 0) is 97.3 Å². The van der Waals surface area contributed by atoms with Crippen LogP contribution < -0.4 is 9.47 Å². The van der Waals surface area contributed by atoms with E-state index >= 15 is 0 Å². The zero-order valence-electron chi connectivity index (χ0n) is 37.1. The third-order valence-corrected chi connectivity index (χ3v) is 18.2. The van der Waals surface area contributed by atoms with Crippen LogP contribution in [0.2, 0.25) is 0 Å². The molecule has 2 aromatic carbocycles. The van der Waals surface area contributed by atoms with Crippen LogP contribution in [0.3, 0.4) is 0 Å². The molecule has 8 heterocycles. The van der Waals surface area contributed by atoms with Gasteiger partial charge in [-0.15, -0.1) is 0 Å². The van der Waals surface area contributed by atoms with Crippen molar-refractivity contribution in [3.05, 3.63) is 130 Å². The molecule has 0 N–H and O–H groups in total. The number of likely N-dealkylation sites (tertiary alicyclic amines) is 2. The minimum atomic E-state index is -4.26. The average Bonchev–Trinajstić information content (AvgIpc) is 4.07. The Morgan fingerprint density at radius 3 is 1.34 bits per heavy atom. The summed E-state index contributed by atoms with van der Waals surface area (Å²) in [6, 6.07) is 18.7. The Hall–Kier alpha value is -5.14. The van der Waals surface area contributed by atoms with Gasteiger partial charge in [0.05, 0.1) is 58.3 Å². The molecule has 372 valence electrons. The summed E-state index contributed by atoms with van der Waals surface area (Å²) in [6.07, 6.45) is -1.65. The first kappa shape index (κ1) is 49.8. The molecule has 6 aromatic rings. The number of rotatable bonds is 10. The molecule has 70 heavy (non-hydrogen) atoms. The van der Waals surface area contributed by atoms with E-state index in [2.05, 4.69) is 38.5 Å². The second-order valence-corrected chi connectivity index (χ2v) is 23.1. The smallest absolute Gasteiger partial charge is 0.391 e. The summed E-state index contributed by atoms with van der Waals surface area (Å²) >= 11 is 2.06. The lowest BCUT2D eigenvalue weighted by atomic mass is 9.85. The lowest BCUT2D eigenvalue weighted by molar-refractivity contribution is -0.193. The summed E-state index contributed by atoms with van der Waals surface area (Å²) in [6.45, 7) is 1.19. The predicted molar refractivity (Wildman–Crippen MR) is 245 cm³/mol. The fourth-order valence-corrected chi connectivity index (χ4v) is 14.1. The Morgan fingerprint density at radius 1 is 0.557 bits per heavy atom. The summed E-state index contributed by atoms with van der Waals surface area (Å²) in [5.74, 6) is -2.41. The van der Waals surface area contributed by atoms with Gasteiger partial charge in [0, 0.05) is 61.5 Å². The fourth-order valence-electron chi connectivity index (χ4n) is 9.82. The van der Waals surface area contributed by atoms with Crippen molar-refractivity contribution < 1.29 is 52.7 Å². The number of benzene rings is 2. The van der Waals surface area contributed by atoms with E-state index in [9.17, 15) is 43.2 Å². The maximum Gasteiger partial charge on any atom is 0.391 e. The van der Waals surface area contributed by atoms with Gasteiger partial charge in [0.2, 0.25) is 0 Å². The summed E-state index contributed by atoms with van der Waals surface area (Å²) < 4.78 is 153. The highest BCUT2D eigenvalue weighted by Crippen LogP contribution is 2.50. The first-order valence-corrected chi connectivity index (χ1v) is 27.3. The van der Waals surface area contributed by atoms with Gasteiger partial charge < -0.3 is 9.47 Å². The van der Waals surface area contributed by atoms with Crippen LogP contribution in [0.5, 0.6) is 11.5 Å². The zero-order valence-corrected chi connectivity index (χ0v) is 40.4. The molecule has 6 atom stereocenters. The number of nitrogens with zero attached hydrogens (tertiary/aromatic N) is 8. The molecule has 0 bridgehead atoms. The Morgan fingerprint density at radius 2 is 0.986 bits per heavy atom. The number of aromatic nitrogens is 6. The second kappa shape index (κ2) is 20.5. The number of piperidine rings is 2. The number of hydrogen-bond acceptors (Lipinski definition) is 16.